The Balaban J connectivity index is 3.02. The highest BCUT2D eigenvalue weighted by atomic mass is 14.6. The van der Waals surface area contributed by atoms with Crippen molar-refractivity contribution < 1.29 is 0 Å². The van der Waals surface area contributed by atoms with Gasteiger partial charge in [0.25, 0.3) is 0 Å². The molecule has 0 aliphatic rings. The van der Waals surface area contributed by atoms with Crippen LogP contribution in [0.2, 0.25) is 0 Å². The van der Waals surface area contributed by atoms with Crippen LogP contribution < -0.4 is 0 Å². The average molecular weight is 185 g/mol. The van der Waals surface area contributed by atoms with Gasteiger partial charge < -0.3 is 0 Å². The lowest BCUT2D eigenvalue weighted by Crippen LogP contribution is -1.95. The monoisotopic (exact) mass is 185 g/mol. The fraction of sp³-hybridized carbons (Fsp3) is 0.308. The highest BCUT2D eigenvalue weighted by Crippen LogP contribution is 2.26. The van der Waals surface area contributed by atoms with Crippen molar-refractivity contribution in [3.8, 4) is 0 Å². The molecule has 1 aromatic carbocycles. The lowest BCUT2D eigenvalue weighted by Gasteiger charge is -2.12. The standard InChI is InChI=1S/C13H15N/c1-8-9(2)11(4)13-12(10(8)3)6-5-7-14-13/h5-7H,1-4H3. The minimum Gasteiger partial charge on any atom is -0.256 e. The zero-order valence-electron chi connectivity index (χ0n) is 9.18. The first-order chi connectivity index (χ1) is 6.63. The average Bonchev–Trinajstić information content (AvgIpc) is 2.23. The number of hydrogen-bond acceptors (Lipinski definition) is 1. The maximum atomic E-state index is 4.44. The SMILES string of the molecule is Cc1c(C)c(C)c2ncccc2c1C. The molecule has 0 bridgehead atoms. The molecule has 1 nitrogen and oxygen atoms in total. The van der Waals surface area contributed by atoms with Crippen molar-refractivity contribution in [2.75, 3.05) is 0 Å². The Morgan fingerprint density at radius 2 is 1.50 bits per heavy atom. The third kappa shape index (κ3) is 1.12. The Labute approximate surface area is 84.8 Å². The van der Waals surface area contributed by atoms with Crippen LogP contribution in [0.1, 0.15) is 22.3 Å². The molecule has 0 N–H and O–H groups in total. The second kappa shape index (κ2) is 3.09. The summed E-state index contributed by atoms with van der Waals surface area (Å²) < 4.78 is 0. The maximum absolute atomic E-state index is 4.44. The zero-order chi connectivity index (χ0) is 10.3. The van der Waals surface area contributed by atoms with Crippen LogP contribution in [0, 0.1) is 27.7 Å². The van der Waals surface area contributed by atoms with E-state index in [4.69, 9.17) is 0 Å². The Morgan fingerprint density at radius 1 is 0.857 bits per heavy atom. The van der Waals surface area contributed by atoms with Crippen molar-refractivity contribution in [2.45, 2.75) is 27.7 Å². The van der Waals surface area contributed by atoms with E-state index in [1.165, 1.54) is 27.6 Å². The first-order valence-corrected chi connectivity index (χ1v) is 4.94. The van der Waals surface area contributed by atoms with Gasteiger partial charge in [0.05, 0.1) is 5.52 Å². The molecule has 1 heteroatoms. The molecule has 0 spiro atoms. The van der Waals surface area contributed by atoms with Gasteiger partial charge in [0.2, 0.25) is 0 Å². The minimum atomic E-state index is 1.15. The van der Waals surface area contributed by atoms with Gasteiger partial charge in [-0.05, 0) is 56.0 Å². The second-order valence-corrected chi connectivity index (χ2v) is 3.90. The number of aryl methyl sites for hydroxylation is 2. The van der Waals surface area contributed by atoms with Gasteiger partial charge in [-0.2, -0.15) is 0 Å². The molecule has 0 amide bonds. The van der Waals surface area contributed by atoms with Crippen LogP contribution in [0.4, 0.5) is 0 Å². The second-order valence-electron chi connectivity index (χ2n) is 3.90. The number of hydrogen-bond donors (Lipinski definition) is 0. The molecule has 0 unspecified atom stereocenters. The van der Waals surface area contributed by atoms with Gasteiger partial charge in [-0.1, -0.05) is 6.07 Å². The van der Waals surface area contributed by atoms with E-state index >= 15 is 0 Å². The van der Waals surface area contributed by atoms with Crippen LogP contribution >= 0.6 is 0 Å². The molecular weight excluding hydrogens is 170 g/mol. The van der Waals surface area contributed by atoms with E-state index in [0.717, 1.165) is 5.52 Å². The van der Waals surface area contributed by atoms with Crippen LogP contribution in [0.3, 0.4) is 0 Å². The minimum absolute atomic E-state index is 1.15. The molecule has 0 saturated carbocycles. The Bertz CT molecular complexity index is 452. The molecule has 72 valence electrons. The first kappa shape index (κ1) is 9.20. The number of benzene rings is 1. The number of aromatic nitrogens is 1. The Morgan fingerprint density at radius 3 is 2.21 bits per heavy atom. The Kier molecular flexibility index (Phi) is 2.03. The topological polar surface area (TPSA) is 12.9 Å². The van der Waals surface area contributed by atoms with E-state index in [1.807, 2.05) is 12.3 Å². The summed E-state index contributed by atoms with van der Waals surface area (Å²) in [6.07, 6.45) is 1.86. The van der Waals surface area contributed by atoms with Crippen LogP contribution in [-0.4, -0.2) is 4.98 Å². The number of pyridine rings is 1. The summed E-state index contributed by atoms with van der Waals surface area (Å²) >= 11 is 0. The molecular formula is C13H15N. The summed E-state index contributed by atoms with van der Waals surface area (Å²) in [5, 5.41) is 1.29. The van der Waals surface area contributed by atoms with E-state index in [1.54, 1.807) is 0 Å². The first-order valence-electron chi connectivity index (χ1n) is 4.94. The molecule has 2 rings (SSSR count). The molecule has 1 aromatic heterocycles. The quantitative estimate of drug-likeness (QED) is 0.612. The lowest BCUT2D eigenvalue weighted by atomic mass is 9.95. The van der Waals surface area contributed by atoms with Gasteiger partial charge in [0, 0.05) is 11.6 Å². The van der Waals surface area contributed by atoms with Gasteiger partial charge in [-0.25, -0.2) is 0 Å². The van der Waals surface area contributed by atoms with E-state index in [9.17, 15) is 0 Å². The summed E-state index contributed by atoms with van der Waals surface area (Å²) in [5.74, 6) is 0. The van der Waals surface area contributed by atoms with Crippen molar-refractivity contribution in [3.05, 3.63) is 40.6 Å². The summed E-state index contributed by atoms with van der Waals surface area (Å²) in [4.78, 5) is 4.44. The van der Waals surface area contributed by atoms with Crippen LogP contribution in [-0.2, 0) is 0 Å². The highest BCUT2D eigenvalue weighted by Gasteiger charge is 2.08. The van der Waals surface area contributed by atoms with Gasteiger partial charge in [0.15, 0.2) is 0 Å². The van der Waals surface area contributed by atoms with Crippen LogP contribution in [0.25, 0.3) is 10.9 Å². The van der Waals surface area contributed by atoms with Crippen LogP contribution in [0.15, 0.2) is 18.3 Å². The highest BCUT2D eigenvalue weighted by molar-refractivity contribution is 5.87. The number of nitrogens with zero attached hydrogens (tertiary/aromatic N) is 1. The summed E-state index contributed by atoms with van der Waals surface area (Å²) in [6, 6.07) is 4.15. The van der Waals surface area contributed by atoms with E-state index < -0.39 is 0 Å². The van der Waals surface area contributed by atoms with Gasteiger partial charge in [0.1, 0.15) is 0 Å². The van der Waals surface area contributed by atoms with E-state index in [-0.39, 0.29) is 0 Å². The predicted octanol–water partition coefficient (Wildman–Crippen LogP) is 3.47. The smallest absolute Gasteiger partial charge is 0.0736 e. The van der Waals surface area contributed by atoms with Crippen molar-refractivity contribution in [2.24, 2.45) is 0 Å². The van der Waals surface area contributed by atoms with Gasteiger partial charge in [-0.3, -0.25) is 4.98 Å². The van der Waals surface area contributed by atoms with Gasteiger partial charge >= 0.3 is 0 Å². The molecule has 0 saturated heterocycles. The van der Waals surface area contributed by atoms with E-state index in [2.05, 4.69) is 38.7 Å². The molecule has 14 heavy (non-hydrogen) atoms. The van der Waals surface area contributed by atoms with Crippen molar-refractivity contribution in [1.82, 2.24) is 4.98 Å². The molecule has 0 aliphatic heterocycles. The van der Waals surface area contributed by atoms with Crippen LogP contribution in [0.5, 0.6) is 0 Å². The fourth-order valence-electron chi connectivity index (χ4n) is 1.95. The summed E-state index contributed by atoms with van der Waals surface area (Å²) in [6.45, 7) is 8.68. The largest absolute Gasteiger partial charge is 0.256 e. The predicted molar refractivity (Wildman–Crippen MR) is 60.7 cm³/mol. The third-order valence-electron chi connectivity index (χ3n) is 3.25. The number of fused-ring (bicyclic) bond motifs is 1. The lowest BCUT2D eigenvalue weighted by molar-refractivity contribution is 1.23. The van der Waals surface area contributed by atoms with Crippen molar-refractivity contribution in [1.29, 1.82) is 0 Å². The summed E-state index contributed by atoms with van der Waals surface area (Å²) in [7, 11) is 0. The normalized spacial score (nSPS) is 10.9. The van der Waals surface area contributed by atoms with Crippen molar-refractivity contribution in [3.63, 3.8) is 0 Å². The third-order valence-corrected chi connectivity index (χ3v) is 3.25. The van der Waals surface area contributed by atoms with E-state index in [0.29, 0.717) is 0 Å². The van der Waals surface area contributed by atoms with Gasteiger partial charge in [-0.15, -0.1) is 0 Å². The maximum Gasteiger partial charge on any atom is 0.0736 e. The molecule has 0 radical (unpaired) electrons. The molecule has 0 aliphatic carbocycles. The molecule has 0 atom stereocenters. The number of rotatable bonds is 0. The fourth-order valence-corrected chi connectivity index (χ4v) is 1.95. The Hall–Kier alpha value is -1.37. The molecule has 1 heterocycles. The zero-order valence-corrected chi connectivity index (χ0v) is 9.18. The summed E-state index contributed by atoms with van der Waals surface area (Å²) in [5.41, 5.74) is 6.57. The van der Waals surface area contributed by atoms with Crippen molar-refractivity contribution >= 4 is 10.9 Å². The molecule has 0 fully saturated rings. The molecule has 2 aromatic rings.